The Labute approximate surface area is 179 Å². The Morgan fingerprint density at radius 1 is 1.07 bits per heavy atom. The summed E-state index contributed by atoms with van der Waals surface area (Å²) in [6.45, 7) is 4.75. The minimum Gasteiger partial charge on any atom is -0.496 e. The second kappa shape index (κ2) is 9.62. The Morgan fingerprint density at radius 3 is 2.40 bits per heavy atom. The number of sulfonamides is 1. The van der Waals surface area contributed by atoms with Crippen molar-refractivity contribution in [3.8, 4) is 5.75 Å². The summed E-state index contributed by atoms with van der Waals surface area (Å²) in [6.07, 6.45) is 3.84. The summed E-state index contributed by atoms with van der Waals surface area (Å²) in [4.78, 5) is 13.2. The molecule has 0 bridgehead atoms. The van der Waals surface area contributed by atoms with Crippen LogP contribution in [-0.2, 0) is 10.0 Å². The average molecular weight is 431 g/mol. The maximum Gasteiger partial charge on any atom is 0.252 e. The lowest BCUT2D eigenvalue weighted by atomic mass is 10.0. The molecule has 2 aromatic rings. The third-order valence-corrected chi connectivity index (χ3v) is 7.50. The van der Waals surface area contributed by atoms with Gasteiger partial charge < -0.3 is 10.1 Å². The first kappa shape index (κ1) is 22.3. The first-order chi connectivity index (χ1) is 14.3. The van der Waals surface area contributed by atoms with Gasteiger partial charge in [0.2, 0.25) is 10.0 Å². The molecule has 0 aliphatic carbocycles. The van der Waals surface area contributed by atoms with Gasteiger partial charge in [0.25, 0.3) is 5.91 Å². The highest BCUT2D eigenvalue weighted by molar-refractivity contribution is 7.89. The molecule has 3 rings (SSSR count). The molecule has 2 aromatic carbocycles. The summed E-state index contributed by atoms with van der Waals surface area (Å²) in [5.74, 6) is 0.387. The molecule has 162 valence electrons. The largest absolute Gasteiger partial charge is 0.496 e. The van der Waals surface area contributed by atoms with Gasteiger partial charge in [0, 0.05) is 24.2 Å². The van der Waals surface area contributed by atoms with Crippen LogP contribution in [0.5, 0.6) is 5.75 Å². The fraction of sp³-hybridized carbons (Fsp3) is 0.435. The molecule has 1 N–H and O–H groups in total. The Morgan fingerprint density at radius 2 is 1.73 bits per heavy atom. The molecule has 30 heavy (non-hydrogen) atoms. The zero-order chi connectivity index (χ0) is 21.7. The normalized spacial score (nSPS) is 16.5. The van der Waals surface area contributed by atoms with Crippen molar-refractivity contribution in [2.75, 3.05) is 20.2 Å². The van der Waals surface area contributed by atoms with Crippen LogP contribution < -0.4 is 10.1 Å². The number of nitrogens with zero attached hydrogens (tertiary/aromatic N) is 1. The smallest absolute Gasteiger partial charge is 0.252 e. The fourth-order valence-corrected chi connectivity index (χ4v) is 5.36. The van der Waals surface area contributed by atoms with Crippen LogP contribution in [-0.4, -0.2) is 38.8 Å². The number of methoxy groups -OCH3 is 1. The molecule has 0 aromatic heterocycles. The van der Waals surface area contributed by atoms with Crippen LogP contribution in [0, 0.1) is 6.92 Å². The van der Waals surface area contributed by atoms with Gasteiger partial charge in [-0.15, -0.1) is 0 Å². The monoisotopic (exact) mass is 430 g/mol. The number of carbonyl (C=O) groups is 1. The maximum atomic E-state index is 13.1. The molecule has 1 fully saturated rings. The highest BCUT2D eigenvalue weighted by Gasteiger charge is 2.26. The molecule has 6 nitrogen and oxygen atoms in total. The third kappa shape index (κ3) is 4.84. The van der Waals surface area contributed by atoms with Crippen LogP contribution in [0.15, 0.2) is 47.4 Å². The maximum absolute atomic E-state index is 13.1. The van der Waals surface area contributed by atoms with E-state index in [0.717, 1.165) is 36.8 Å². The zero-order valence-electron chi connectivity index (χ0n) is 17.8. The van der Waals surface area contributed by atoms with Gasteiger partial charge in [-0.3, -0.25) is 4.79 Å². The molecule has 1 amide bonds. The molecule has 1 aliphatic rings. The van der Waals surface area contributed by atoms with Crippen LogP contribution in [0.4, 0.5) is 0 Å². The van der Waals surface area contributed by atoms with Gasteiger partial charge in [0.05, 0.1) is 18.0 Å². The van der Waals surface area contributed by atoms with Crippen LogP contribution in [0.3, 0.4) is 0 Å². The van der Waals surface area contributed by atoms with Crippen molar-refractivity contribution in [3.05, 3.63) is 59.2 Å². The zero-order valence-corrected chi connectivity index (χ0v) is 18.7. The summed E-state index contributed by atoms with van der Waals surface area (Å²) in [6, 6.07) is 12.0. The average Bonchev–Trinajstić information content (AvgIpc) is 3.04. The van der Waals surface area contributed by atoms with E-state index in [2.05, 4.69) is 5.32 Å². The van der Waals surface area contributed by atoms with E-state index in [4.69, 9.17) is 4.74 Å². The summed E-state index contributed by atoms with van der Waals surface area (Å²) < 4.78 is 33.2. The fourth-order valence-electron chi connectivity index (χ4n) is 3.81. The second-order valence-electron chi connectivity index (χ2n) is 7.73. The number of aryl methyl sites for hydroxylation is 1. The first-order valence-electron chi connectivity index (χ1n) is 10.4. The number of benzene rings is 2. The predicted molar refractivity (Wildman–Crippen MR) is 117 cm³/mol. The van der Waals surface area contributed by atoms with Crippen molar-refractivity contribution in [3.63, 3.8) is 0 Å². The lowest BCUT2D eigenvalue weighted by molar-refractivity contribution is 0.0938. The van der Waals surface area contributed by atoms with E-state index < -0.39 is 10.0 Å². The Hall–Kier alpha value is -2.38. The highest BCUT2D eigenvalue weighted by Crippen LogP contribution is 2.26. The lowest BCUT2D eigenvalue weighted by Crippen LogP contribution is -2.32. The Balaban J connectivity index is 1.84. The number of nitrogens with one attached hydrogen (secondary N) is 1. The predicted octanol–water partition coefficient (Wildman–Crippen LogP) is 4.06. The van der Waals surface area contributed by atoms with Gasteiger partial charge in [-0.05, 0) is 50.5 Å². The number of carbonyl (C=O) groups excluding carboxylic acids is 1. The van der Waals surface area contributed by atoms with Crippen molar-refractivity contribution in [2.24, 2.45) is 0 Å². The van der Waals surface area contributed by atoms with Crippen molar-refractivity contribution < 1.29 is 17.9 Å². The quantitative estimate of drug-likeness (QED) is 0.750. The molecule has 0 saturated carbocycles. The summed E-state index contributed by atoms with van der Waals surface area (Å²) in [5.41, 5.74) is 1.96. The first-order valence-corrected chi connectivity index (χ1v) is 11.8. The van der Waals surface area contributed by atoms with Crippen LogP contribution in [0.25, 0.3) is 0 Å². The second-order valence-corrected chi connectivity index (χ2v) is 9.67. The molecule has 0 unspecified atom stereocenters. The molecule has 1 atom stereocenters. The van der Waals surface area contributed by atoms with Crippen molar-refractivity contribution in [2.45, 2.75) is 50.5 Å². The standard InChI is InChI=1S/C23H30N2O4S/c1-17-12-13-19(30(27,28)25-14-8-4-5-9-15-25)16-21(17)23(26)24-18(2)20-10-6-7-11-22(20)29-3/h6-7,10-13,16,18H,4-5,8-9,14-15H2,1-3H3,(H,24,26)/t18-/m0/s1. The molecule has 1 heterocycles. The molecular formula is C23H30N2O4S. The third-order valence-electron chi connectivity index (χ3n) is 5.61. The molecule has 1 aliphatic heterocycles. The van der Waals surface area contributed by atoms with Gasteiger partial charge in [-0.25, -0.2) is 8.42 Å². The van der Waals surface area contributed by atoms with Crippen LogP contribution >= 0.6 is 0 Å². The van der Waals surface area contributed by atoms with E-state index in [-0.39, 0.29) is 16.8 Å². The highest BCUT2D eigenvalue weighted by atomic mass is 32.2. The van der Waals surface area contributed by atoms with Crippen LogP contribution in [0.1, 0.15) is 60.1 Å². The number of hydrogen-bond acceptors (Lipinski definition) is 4. The topological polar surface area (TPSA) is 75.7 Å². The summed E-state index contributed by atoms with van der Waals surface area (Å²) in [5, 5.41) is 2.97. The van der Waals surface area contributed by atoms with Crippen molar-refractivity contribution in [1.82, 2.24) is 9.62 Å². The van der Waals surface area contributed by atoms with E-state index in [9.17, 15) is 13.2 Å². The summed E-state index contributed by atoms with van der Waals surface area (Å²) >= 11 is 0. The van der Waals surface area contributed by atoms with E-state index >= 15 is 0 Å². The minimum absolute atomic E-state index is 0.171. The number of rotatable bonds is 6. The Bertz CT molecular complexity index is 996. The molecule has 0 radical (unpaired) electrons. The van der Waals surface area contributed by atoms with Gasteiger partial charge in [0.1, 0.15) is 5.75 Å². The van der Waals surface area contributed by atoms with E-state index in [1.165, 1.54) is 6.07 Å². The van der Waals surface area contributed by atoms with Gasteiger partial charge in [0.15, 0.2) is 0 Å². The van der Waals surface area contributed by atoms with Gasteiger partial charge in [-0.2, -0.15) is 4.31 Å². The number of hydrogen-bond donors (Lipinski definition) is 1. The number of amides is 1. The van der Waals surface area contributed by atoms with E-state index in [1.807, 2.05) is 38.1 Å². The van der Waals surface area contributed by atoms with E-state index in [0.29, 0.717) is 24.4 Å². The van der Waals surface area contributed by atoms with Gasteiger partial charge >= 0.3 is 0 Å². The lowest BCUT2D eigenvalue weighted by Gasteiger charge is -2.21. The van der Waals surface area contributed by atoms with Crippen molar-refractivity contribution >= 4 is 15.9 Å². The van der Waals surface area contributed by atoms with Crippen LogP contribution in [0.2, 0.25) is 0 Å². The molecular weight excluding hydrogens is 400 g/mol. The Kier molecular flexibility index (Phi) is 7.15. The minimum atomic E-state index is -3.62. The number of para-hydroxylation sites is 1. The number of ether oxygens (including phenoxy) is 1. The van der Waals surface area contributed by atoms with Gasteiger partial charge in [-0.1, -0.05) is 37.1 Å². The molecule has 7 heteroatoms. The van der Waals surface area contributed by atoms with E-state index in [1.54, 1.807) is 23.5 Å². The molecule has 0 spiro atoms. The van der Waals surface area contributed by atoms with Crippen molar-refractivity contribution in [1.29, 1.82) is 0 Å². The summed E-state index contributed by atoms with van der Waals surface area (Å²) in [7, 11) is -2.02. The SMILES string of the molecule is COc1ccccc1[C@H](C)NC(=O)c1cc(S(=O)(=O)N2CCCCCC2)ccc1C. The molecule has 1 saturated heterocycles.